The second-order valence-electron chi connectivity index (χ2n) is 6.78. The number of rotatable bonds is 4. The van der Waals surface area contributed by atoms with Gasteiger partial charge in [-0.25, -0.2) is 0 Å². The second-order valence-corrected chi connectivity index (χ2v) is 6.78. The van der Waals surface area contributed by atoms with Crippen LogP contribution >= 0.6 is 0 Å². The van der Waals surface area contributed by atoms with Crippen LogP contribution in [0.25, 0.3) is 0 Å². The zero-order chi connectivity index (χ0) is 13.1. The van der Waals surface area contributed by atoms with Crippen LogP contribution in [-0.4, -0.2) is 36.6 Å². The Bertz CT molecular complexity index is 217. The SMILES string of the molecule is CCNC1CCCC(N(C)C(C)C(C)(C)C)C1. The van der Waals surface area contributed by atoms with Gasteiger partial charge in [-0.2, -0.15) is 0 Å². The molecular weight excluding hydrogens is 208 g/mol. The average molecular weight is 240 g/mol. The summed E-state index contributed by atoms with van der Waals surface area (Å²) >= 11 is 0. The van der Waals surface area contributed by atoms with Crippen molar-refractivity contribution < 1.29 is 0 Å². The van der Waals surface area contributed by atoms with Crippen LogP contribution in [0.3, 0.4) is 0 Å². The van der Waals surface area contributed by atoms with Crippen molar-refractivity contribution in [3.8, 4) is 0 Å². The van der Waals surface area contributed by atoms with Gasteiger partial charge in [0.05, 0.1) is 0 Å². The quantitative estimate of drug-likeness (QED) is 0.811. The van der Waals surface area contributed by atoms with Gasteiger partial charge in [0.1, 0.15) is 0 Å². The molecule has 0 amide bonds. The van der Waals surface area contributed by atoms with Crippen molar-refractivity contribution in [1.82, 2.24) is 10.2 Å². The van der Waals surface area contributed by atoms with Crippen molar-refractivity contribution in [2.45, 2.75) is 78.4 Å². The molecule has 2 nitrogen and oxygen atoms in total. The Morgan fingerprint density at radius 2 is 1.94 bits per heavy atom. The Kier molecular flexibility index (Phi) is 5.46. The highest BCUT2D eigenvalue weighted by atomic mass is 15.2. The minimum atomic E-state index is 0.375. The van der Waals surface area contributed by atoms with Gasteiger partial charge in [0.25, 0.3) is 0 Å². The minimum Gasteiger partial charge on any atom is -0.314 e. The Balaban J connectivity index is 2.54. The smallest absolute Gasteiger partial charge is 0.0115 e. The lowest BCUT2D eigenvalue weighted by Gasteiger charge is -2.43. The molecule has 1 aliphatic carbocycles. The van der Waals surface area contributed by atoms with Crippen molar-refractivity contribution in [2.75, 3.05) is 13.6 Å². The first-order valence-corrected chi connectivity index (χ1v) is 7.31. The van der Waals surface area contributed by atoms with Crippen LogP contribution in [0.1, 0.15) is 60.3 Å². The molecule has 1 aliphatic rings. The highest BCUT2D eigenvalue weighted by Crippen LogP contribution is 2.29. The largest absolute Gasteiger partial charge is 0.314 e. The molecule has 0 saturated heterocycles. The molecule has 0 radical (unpaired) electrons. The van der Waals surface area contributed by atoms with Crippen molar-refractivity contribution >= 4 is 0 Å². The Morgan fingerprint density at radius 3 is 2.47 bits per heavy atom. The maximum atomic E-state index is 3.62. The van der Waals surface area contributed by atoms with E-state index in [0.717, 1.165) is 18.6 Å². The van der Waals surface area contributed by atoms with Gasteiger partial charge in [0.15, 0.2) is 0 Å². The van der Waals surface area contributed by atoms with Gasteiger partial charge in [-0.3, -0.25) is 0 Å². The van der Waals surface area contributed by atoms with Gasteiger partial charge in [0.2, 0.25) is 0 Å². The van der Waals surface area contributed by atoms with Crippen LogP contribution in [0.4, 0.5) is 0 Å². The van der Waals surface area contributed by atoms with Crippen molar-refractivity contribution in [3.63, 3.8) is 0 Å². The molecule has 0 aliphatic heterocycles. The molecular formula is C15H32N2. The lowest BCUT2D eigenvalue weighted by molar-refractivity contribution is 0.0703. The molecule has 0 spiro atoms. The van der Waals surface area contributed by atoms with Gasteiger partial charge in [-0.05, 0) is 45.2 Å². The Morgan fingerprint density at radius 1 is 1.29 bits per heavy atom. The normalized spacial score (nSPS) is 28.4. The monoisotopic (exact) mass is 240 g/mol. The average Bonchev–Trinajstić information content (AvgIpc) is 2.27. The summed E-state index contributed by atoms with van der Waals surface area (Å²) in [5.74, 6) is 0. The van der Waals surface area contributed by atoms with Gasteiger partial charge < -0.3 is 10.2 Å². The van der Waals surface area contributed by atoms with E-state index in [9.17, 15) is 0 Å². The molecule has 1 saturated carbocycles. The predicted octanol–water partition coefficient (Wildman–Crippen LogP) is 3.27. The number of nitrogens with one attached hydrogen (secondary N) is 1. The Hall–Kier alpha value is -0.0800. The first-order chi connectivity index (χ1) is 7.86. The van der Waals surface area contributed by atoms with Crippen LogP contribution in [0, 0.1) is 5.41 Å². The fourth-order valence-electron chi connectivity index (χ4n) is 2.94. The first kappa shape index (κ1) is 15.0. The maximum Gasteiger partial charge on any atom is 0.0115 e. The van der Waals surface area contributed by atoms with E-state index < -0.39 is 0 Å². The highest BCUT2D eigenvalue weighted by molar-refractivity contribution is 4.87. The summed E-state index contributed by atoms with van der Waals surface area (Å²) in [5.41, 5.74) is 0.375. The molecule has 102 valence electrons. The standard InChI is InChI=1S/C15H32N2/c1-7-16-13-9-8-10-14(11-13)17(6)12(2)15(3,4)5/h12-14,16H,7-11H2,1-6H3. The molecule has 0 aromatic heterocycles. The van der Waals surface area contributed by atoms with Crippen LogP contribution < -0.4 is 5.32 Å². The highest BCUT2D eigenvalue weighted by Gasteiger charge is 2.31. The first-order valence-electron chi connectivity index (χ1n) is 7.31. The third-order valence-electron chi connectivity index (χ3n) is 4.58. The summed E-state index contributed by atoms with van der Waals surface area (Å²) in [6.45, 7) is 12.7. The second kappa shape index (κ2) is 6.19. The third-order valence-corrected chi connectivity index (χ3v) is 4.58. The van der Waals surface area contributed by atoms with E-state index in [-0.39, 0.29) is 0 Å². The summed E-state index contributed by atoms with van der Waals surface area (Å²) in [6.07, 6.45) is 5.44. The lowest BCUT2D eigenvalue weighted by atomic mass is 9.83. The van der Waals surface area contributed by atoms with Gasteiger partial charge in [-0.15, -0.1) is 0 Å². The molecule has 1 N–H and O–H groups in total. The zero-order valence-corrected chi connectivity index (χ0v) is 12.7. The van der Waals surface area contributed by atoms with E-state index in [4.69, 9.17) is 0 Å². The summed E-state index contributed by atoms with van der Waals surface area (Å²) < 4.78 is 0. The van der Waals surface area contributed by atoms with E-state index >= 15 is 0 Å². The number of hydrogen-bond acceptors (Lipinski definition) is 2. The molecule has 0 bridgehead atoms. The summed E-state index contributed by atoms with van der Waals surface area (Å²) in [5, 5.41) is 3.62. The Labute approximate surface area is 108 Å². The topological polar surface area (TPSA) is 15.3 Å². The van der Waals surface area contributed by atoms with E-state index in [2.05, 4.69) is 51.9 Å². The molecule has 0 aromatic carbocycles. The molecule has 1 fully saturated rings. The zero-order valence-electron chi connectivity index (χ0n) is 12.7. The van der Waals surface area contributed by atoms with Gasteiger partial charge in [-0.1, -0.05) is 34.1 Å². The van der Waals surface area contributed by atoms with Crippen molar-refractivity contribution in [3.05, 3.63) is 0 Å². The van der Waals surface area contributed by atoms with E-state index in [0.29, 0.717) is 11.5 Å². The molecule has 0 aromatic rings. The summed E-state index contributed by atoms with van der Waals surface area (Å²) in [7, 11) is 2.31. The molecule has 17 heavy (non-hydrogen) atoms. The van der Waals surface area contributed by atoms with Crippen molar-refractivity contribution in [2.24, 2.45) is 5.41 Å². The molecule has 1 rings (SSSR count). The van der Waals surface area contributed by atoms with Crippen LogP contribution in [0.15, 0.2) is 0 Å². The third kappa shape index (κ3) is 4.26. The summed E-state index contributed by atoms with van der Waals surface area (Å²) in [6, 6.07) is 2.16. The minimum absolute atomic E-state index is 0.375. The van der Waals surface area contributed by atoms with Crippen LogP contribution in [0.5, 0.6) is 0 Å². The molecule has 3 atom stereocenters. The molecule has 3 unspecified atom stereocenters. The van der Waals surface area contributed by atoms with Gasteiger partial charge >= 0.3 is 0 Å². The van der Waals surface area contributed by atoms with Gasteiger partial charge in [0, 0.05) is 18.1 Å². The van der Waals surface area contributed by atoms with E-state index in [1.54, 1.807) is 0 Å². The molecule has 0 heterocycles. The molecule has 2 heteroatoms. The van der Waals surface area contributed by atoms with E-state index in [1.807, 2.05) is 0 Å². The fourth-order valence-corrected chi connectivity index (χ4v) is 2.94. The maximum absolute atomic E-state index is 3.62. The van der Waals surface area contributed by atoms with Crippen molar-refractivity contribution in [1.29, 1.82) is 0 Å². The fraction of sp³-hybridized carbons (Fsp3) is 1.00. The number of hydrogen-bond donors (Lipinski definition) is 1. The number of nitrogens with zero attached hydrogens (tertiary/aromatic N) is 1. The predicted molar refractivity (Wildman–Crippen MR) is 76.4 cm³/mol. The van der Waals surface area contributed by atoms with Crippen LogP contribution in [-0.2, 0) is 0 Å². The lowest BCUT2D eigenvalue weighted by Crippen LogP contribution is -2.49. The van der Waals surface area contributed by atoms with Crippen LogP contribution in [0.2, 0.25) is 0 Å². The van der Waals surface area contributed by atoms with E-state index in [1.165, 1.54) is 25.7 Å². The summed E-state index contributed by atoms with van der Waals surface area (Å²) in [4.78, 5) is 2.61.